The molecule has 0 amide bonds. The first kappa shape index (κ1) is 9.17. The molecule has 1 aliphatic heterocycles. The summed E-state index contributed by atoms with van der Waals surface area (Å²) in [5.41, 5.74) is 1.28. The van der Waals surface area contributed by atoms with Gasteiger partial charge in [0.05, 0.1) is 11.6 Å². The van der Waals surface area contributed by atoms with Crippen molar-refractivity contribution in [2.45, 2.75) is 18.9 Å². The van der Waals surface area contributed by atoms with E-state index in [-0.39, 0.29) is 11.9 Å². The summed E-state index contributed by atoms with van der Waals surface area (Å²) in [5.74, 6) is -0.326. The first-order valence-corrected chi connectivity index (χ1v) is 4.73. The van der Waals surface area contributed by atoms with E-state index < -0.39 is 0 Å². The van der Waals surface area contributed by atoms with Crippen molar-refractivity contribution < 1.29 is 4.39 Å². The van der Waals surface area contributed by atoms with Crippen molar-refractivity contribution in [2.24, 2.45) is 0 Å². The van der Waals surface area contributed by atoms with Gasteiger partial charge in [0.2, 0.25) is 0 Å². The molecule has 14 heavy (non-hydrogen) atoms. The van der Waals surface area contributed by atoms with Gasteiger partial charge < -0.3 is 5.32 Å². The molecule has 1 fully saturated rings. The Morgan fingerprint density at radius 3 is 2.93 bits per heavy atom. The lowest BCUT2D eigenvalue weighted by Crippen LogP contribution is -2.13. The van der Waals surface area contributed by atoms with Crippen LogP contribution in [0, 0.1) is 17.1 Å². The van der Waals surface area contributed by atoms with Crippen LogP contribution >= 0.6 is 0 Å². The van der Waals surface area contributed by atoms with Gasteiger partial charge in [-0.25, -0.2) is 4.39 Å². The minimum atomic E-state index is -0.326. The molecule has 0 unspecified atom stereocenters. The summed E-state index contributed by atoms with van der Waals surface area (Å²) in [7, 11) is 0. The summed E-state index contributed by atoms with van der Waals surface area (Å²) in [5, 5.41) is 12.0. The molecular formula is C11H11FN2. The van der Waals surface area contributed by atoms with Gasteiger partial charge in [-0.05, 0) is 43.1 Å². The van der Waals surface area contributed by atoms with Gasteiger partial charge in [-0.2, -0.15) is 5.26 Å². The topological polar surface area (TPSA) is 35.8 Å². The van der Waals surface area contributed by atoms with Crippen LogP contribution < -0.4 is 5.32 Å². The van der Waals surface area contributed by atoms with Crippen LogP contribution in [0.1, 0.15) is 30.0 Å². The van der Waals surface area contributed by atoms with Crippen LogP contribution in [0.15, 0.2) is 18.2 Å². The number of hydrogen-bond acceptors (Lipinski definition) is 2. The highest BCUT2D eigenvalue weighted by atomic mass is 19.1. The number of rotatable bonds is 1. The Hall–Kier alpha value is -1.40. The fourth-order valence-corrected chi connectivity index (χ4v) is 1.85. The van der Waals surface area contributed by atoms with Crippen molar-refractivity contribution in [3.63, 3.8) is 0 Å². The lowest BCUT2D eigenvalue weighted by atomic mass is 10.0. The second-order valence-corrected chi connectivity index (χ2v) is 3.53. The number of hydrogen-bond donors (Lipinski definition) is 1. The highest BCUT2D eigenvalue weighted by Crippen LogP contribution is 2.24. The van der Waals surface area contributed by atoms with E-state index in [1.54, 1.807) is 6.07 Å². The second-order valence-electron chi connectivity index (χ2n) is 3.53. The minimum absolute atomic E-state index is 0.220. The Kier molecular flexibility index (Phi) is 2.47. The standard InChI is InChI=1S/C11H11FN2/c12-10-5-8(7-13)4-9(6-10)11-2-1-3-14-11/h4-6,11,14H,1-3H2/t11-/m1/s1. The smallest absolute Gasteiger partial charge is 0.124 e. The third-order valence-electron chi connectivity index (χ3n) is 2.51. The molecule has 1 aromatic rings. The molecule has 0 spiro atoms. The van der Waals surface area contributed by atoms with Crippen molar-refractivity contribution >= 4 is 0 Å². The first-order chi connectivity index (χ1) is 6.79. The second kappa shape index (κ2) is 3.77. The number of halogens is 1. The summed E-state index contributed by atoms with van der Waals surface area (Å²) in [6, 6.07) is 6.71. The molecule has 1 aromatic carbocycles. The number of nitriles is 1. The van der Waals surface area contributed by atoms with Crippen LogP contribution in [0.3, 0.4) is 0 Å². The monoisotopic (exact) mass is 190 g/mol. The molecule has 1 N–H and O–H groups in total. The third-order valence-corrected chi connectivity index (χ3v) is 2.51. The predicted molar refractivity (Wildman–Crippen MR) is 51.1 cm³/mol. The van der Waals surface area contributed by atoms with Gasteiger partial charge in [0.1, 0.15) is 5.82 Å². The lowest BCUT2D eigenvalue weighted by Gasteiger charge is -2.10. The van der Waals surface area contributed by atoms with E-state index in [0.717, 1.165) is 24.9 Å². The zero-order valence-electron chi connectivity index (χ0n) is 7.76. The molecule has 0 radical (unpaired) electrons. The van der Waals surface area contributed by atoms with Crippen LogP contribution in [0.2, 0.25) is 0 Å². The number of nitrogens with one attached hydrogen (secondary N) is 1. The molecule has 1 saturated heterocycles. The average molecular weight is 190 g/mol. The predicted octanol–water partition coefficient (Wildman–Crippen LogP) is 2.12. The molecule has 1 atom stereocenters. The molecule has 1 aliphatic rings. The van der Waals surface area contributed by atoms with E-state index >= 15 is 0 Å². The fourth-order valence-electron chi connectivity index (χ4n) is 1.85. The zero-order chi connectivity index (χ0) is 9.97. The molecule has 0 aliphatic carbocycles. The number of nitrogens with zero attached hydrogens (tertiary/aromatic N) is 1. The van der Waals surface area contributed by atoms with Gasteiger partial charge >= 0.3 is 0 Å². The van der Waals surface area contributed by atoms with Crippen molar-refractivity contribution in [1.29, 1.82) is 5.26 Å². The Balaban J connectivity index is 2.33. The highest BCUT2D eigenvalue weighted by molar-refractivity contribution is 5.35. The number of benzene rings is 1. The van der Waals surface area contributed by atoms with Crippen molar-refractivity contribution in [1.82, 2.24) is 5.32 Å². The minimum Gasteiger partial charge on any atom is -0.310 e. The molecule has 2 nitrogen and oxygen atoms in total. The van der Waals surface area contributed by atoms with Gasteiger partial charge in [-0.15, -0.1) is 0 Å². The van der Waals surface area contributed by atoms with E-state index in [2.05, 4.69) is 5.32 Å². The quantitative estimate of drug-likeness (QED) is 0.736. The third kappa shape index (κ3) is 1.75. The summed E-state index contributed by atoms with van der Waals surface area (Å²) in [6.45, 7) is 0.975. The molecule has 0 aromatic heterocycles. The Morgan fingerprint density at radius 2 is 2.29 bits per heavy atom. The van der Waals surface area contributed by atoms with E-state index in [9.17, 15) is 4.39 Å². The Morgan fingerprint density at radius 1 is 1.43 bits per heavy atom. The zero-order valence-corrected chi connectivity index (χ0v) is 7.76. The van der Waals surface area contributed by atoms with Gasteiger partial charge in [-0.1, -0.05) is 0 Å². The van der Waals surface area contributed by atoms with Gasteiger partial charge in [0.15, 0.2) is 0 Å². The SMILES string of the molecule is N#Cc1cc(F)cc([C@H]2CCCN2)c1. The average Bonchev–Trinajstić information content (AvgIpc) is 2.69. The van der Waals surface area contributed by atoms with E-state index in [4.69, 9.17) is 5.26 Å². The molecule has 0 bridgehead atoms. The normalized spacial score (nSPS) is 20.7. The van der Waals surface area contributed by atoms with Crippen LogP contribution in [0.25, 0.3) is 0 Å². The van der Waals surface area contributed by atoms with Crippen molar-refractivity contribution in [3.05, 3.63) is 35.1 Å². The molecule has 2 rings (SSSR count). The van der Waals surface area contributed by atoms with Gasteiger partial charge in [-0.3, -0.25) is 0 Å². The Labute approximate surface area is 82.4 Å². The summed E-state index contributed by atoms with van der Waals surface area (Å²) >= 11 is 0. The van der Waals surface area contributed by atoms with Crippen LogP contribution in [-0.4, -0.2) is 6.54 Å². The first-order valence-electron chi connectivity index (χ1n) is 4.73. The molecule has 1 heterocycles. The largest absolute Gasteiger partial charge is 0.310 e. The summed E-state index contributed by atoms with van der Waals surface area (Å²) in [4.78, 5) is 0. The molecule has 72 valence electrons. The fraction of sp³-hybridized carbons (Fsp3) is 0.364. The van der Waals surface area contributed by atoms with Gasteiger partial charge in [0.25, 0.3) is 0 Å². The van der Waals surface area contributed by atoms with Gasteiger partial charge in [0, 0.05) is 6.04 Å². The highest BCUT2D eigenvalue weighted by Gasteiger charge is 2.17. The maximum absolute atomic E-state index is 13.1. The summed E-state index contributed by atoms with van der Waals surface area (Å²) in [6.07, 6.45) is 2.14. The lowest BCUT2D eigenvalue weighted by molar-refractivity contribution is 0.606. The summed E-state index contributed by atoms with van der Waals surface area (Å²) < 4.78 is 13.1. The van der Waals surface area contributed by atoms with E-state index in [1.807, 2.05) is 6.07 Å². The Bertz CT molecular complexity index is 375. The maximum Gasteiger partial charge on any atom is 0.124 e. The maximum atomic E-state index is 13.1. The van der Waals surface area contributed by atoms with Crippen molar-refractivity contribution in [3.8, 4) is 6.07 Å². The van der Waals surface area contributed by atoms with E-state index in [0.29, 0.717) is 5.56 Å². The van der Waals surface area contributed by atoms with Crippen LogP contribution in [0.5, 0.6) is 0 Å². The molecule has 3 heteroatoms. The van der Waals surface area contributed by atoms with Crippen LogP contribution in [-0.2, 0) is 0 Å². The molecule has 0 saturated carbocycles. The molecular weight excluding hydrogens is 179 g/mol. The van der Waals surface area contributed by atoms with Crippen LogP contribution in [0.4, 0.5) is 4.39 Å². The van der Waals surface area contributed by atoms with Crippen molar-refractivity contribution in [2.75, 3.05) is 6.54 Å². The van der Waals surface area contributed by atoms with E-state index in [1.165, 1.54) is 12.1 Å².